The van der Waals surface area contributed by atoms with E-state index in [1.807, 2.05) is 31.2 Å². The molecule has 0 atom stereocenters. The van der Waals surface area contributed by atoms with Gasteiger partial charge in [-0.15, -0.1) is 0 Å². The molecule has 0 spiro atoms. The SMILES string of the molecule is COC(=O)C1(C)OCC(CCCCO/N=C(/C)c2ccc(Cl)cc2)CO1. The van der Waals surface area contributed by atoms with Crippen LogP contribution in [0.4, 0.5) is 0 Å². The second kappa shape index (κ2) is 9.90. The Hall–Kier alpha value is -1.63. The molecule has 0 saturated carbocycles. The summed E-state index contributed by atoms with van der Waals surface area (Å²) in [6.45, 7) is 5.02. The number of carbonyl (C=O) groups excluding carboxylic acids is 1. The lowest BCUT2D eigenvalue weighted by Crippen LogP contribution is -2.48. The fraction of sp³-hybridized carbons (Fsp3) is 0.579. The number of unbranched alkanes of at least 4 members (excludes halogenated alkanes) is 1. The lowest BCUT2D eigenvalue weighted by molar-refractivity contribution is -0.272. The molecular weight excluding hydrogens is 358 g/mol. The zero-order valence-corrected chi connectivity index (χ0v) is 16.3. The van der Waals surface area contributed by atoms with Crippen molar-refractivity contribution in [3.8, 4) is 0 Å². The molecular formula is C19H26ClNO5. The van der Waals surface area contributed by atoms with E-state index in [0.29, 0.717) is 24.8 Å². The maximum atomic E-state index is 11.6. The molecule has 0 radical (unpaired) electrons. The van der Waals surface area contributed by atoms with E-state index in [9.17, 15) is 4.79 Å². The van der Waals surface area contributed by atoms with Gasteiger partial charge in [0, 0.05) is 17.9 Å². The van der Waals surface area contributed by atoms with Gasteiger partial charge >= 0.3 is 5.97 Å². The first kappa shape index (κ1) is 20.7. The van der Waals surface area contributed by atoms with Crippen LogP contribution in [0, 0.1) is 5.92 Å². The fourth-order valence-electron chi connectivity index (χ4n) is 2.60. The molecule has 6 nitrogen and oxygen atoms in total. The number of rotatable bonds is 8. The number of benzene rings is 1. The Morgan fingerprint density at radius 2 is 1.92 bits per heavy atom. The van der Waals surface area contributed by atoms with Gasteiger partial charge in [0.25, 0.3) is 5.79 Å². The minimum Gasteiger partial charge on any atom is -0.465 e. The van der Waals surface area contributed by atoms with E-state index in [1.54, 1.807) is 6.92 Å². The third kappa shape index (κ3) is 5.97. The van der Waals surface area contributed by atoms with Gasteiger partial charge in [-0.2, -0.15) is 0 Å². The maximum absolute atomic E-state index is 11.6. The fourth-order valence-corrected chi connectivity index (χ4v) is 2.73. The zero-order chi connectivity index (χ0) is 19.0. The Morgan fingerprint density at radius 3 is 2.54 bits per heavy atom. The molecule has 1 saturated heterocycles. The molecule has 26 heavy (non-hydrogen) atoms. The minimum atomic E-state index is -1.28. The van der Waals surface area contributed by atoms with Gasteiger partial charge in [0.15, 0.2) is 0 Å². The second-order valence-electron chi connectivity index (χ2n) is 6.44. The molecule has 0 aliphatic carbocycles. The lowest BCUT2D eigenvalue weighted by Gasteiger charge is -2.35. The van der Waals surface area contributed by atoms with Crippen LogP contribution in [0.25, 0.3) is 0 Å². The second-order valence-corrected chi connectivity index (χ2v) is 6.87. The number of methoxy groups -OCH3 is 1. The first-order chi connectivity index (χ1) is 12.4. The van der Waals surface area contributed by atoms with Crippen molar-refractivity contribution in [1.82, 2.24) is 0 Å². The molecule has 1 aromatic rings. The summed E-state index contributed by atoms with van der Waals surface area (Å²) in [7, 11) is 1.32. The van der Waals surface area contributed by atoms with Crippen LogP contribution < -0.4 is 0 Å². The van der Waals surface area contributed by atoms with E-state index in [2.05, 4.69) is 9.89 Å². The van der Waals surface area contributed by atoms with Crippen molar-refractivity contribution in [2.45, 2.75) is 38.9 Å². The molecule has 1 aliphatic heterocycles. The predicted molar refractivity (Wildman–Crippen MR) is 99.3 cm³/mol. The maximum Gasteiger partial charge on any atom is 0.366 e. The average molecular weight is 384 g/mol. The summed E-state index contributed by atoms with van der Waals surface area (Å²) < 4.78 is 15.8. The largest absolute Gasteiger partial charge is 0.465 e. The van der Waals surface area contributed by atoms with E-state index in [4.69, 9.17) is 25.9 Å². The summed E-state index contributed by atoms with van der Waals surface area (Å²) in [4.78, 5) is 17.0. The molecule has 0 N–H and O–H groups in total. The number of esters is 1. The van der Waals surface area contributed by atoms with Crippen molar-refractivity contribution >= 4 is 23.3 Å². The smallest absolute Gasteiger partial charge is 0.366 e. The Labute approximate surface area is 159 Å². The van der Waals surface area contributed by atoms with Crippen LogP contribution in [-0.4, -0.2) is 44.4 Å². The highest BCUT2D eigenvalue weighted by atomic mass is 35.5. The highest BCUT2D eigenvalue weighted by Gasteiger charge is 2.41. The van der Waals surface area contributed by atoms with Crippen LogP contribution in [0.3, 0.4) is 0 Å². The molecule has 0 amide bonds. The lowest BCUT2D eigenvalue weighted by atomic mass is 10.0. The molecule has 0 bridgehead atoms. The number of hydrogen-bond donors (Lipinski definition) is 0. The monoisotopic (exact) mass is 383 g/mol. The number of ether oxygens (including phenoxy) is 3. The van der Waals surface area contributed by atoms with Crippen molar-refractivity contribution in [3.63, 3.8) is 0 Å². The number of hydrogen-bond acceptors (Lipinski definition) is 6. The van der Waals surface area contributed by atoms with Crippen LogP contribution >= 0.6 is 11.6 Å². The Morgan fingerprint density at radius 1 is 1.27 bits per heavy atom. The number of nitrogens with zero attached hydrogens (tertiary/aromatic N) is 1. The zero-order valence-electron chi connectivity index (χ0n) is 15.5. The molecule has 1 aliphatic rings. The van der Waals surface area contributed by atoms with Crippen LogP contribution in [0.5, 0.6) is 0 Å². The van der Waals surface area contributed by atoms with Crippen LogP contribution in [-0.2, 0) is 23.8 Å². The number of halogens is 1. The summed E-state index contributed by atoms with van der Waals surface area (Å²) in [5.74, 6) is -1.51. The van der Waals surface area contributed by atoms with Crippen LogP contribution in [0.2, 0.25) is 5.02 Å². The molecule has 0 aromatic heterocycles. The quantitative estimate of drug-likeness (QED) is 0.295. The van der Waals surface area contributed by atoms with E-state index in [1.165, 1.54) is 7.11 Å². The van der Waals surface area contributed by atoms with Gasteiger partial charge in [-0.25, -0.2) is 4.79 Å². The van der Waals surface area contributed by atoms with E-state index >= 15 is 0 Å². The molecule has 1 heterocycles. The van der Waals surface area contributed by atoms with Crippen molar-refractivity contribution in [2.75, 3.05) is 26.9 Å². The topological polar surface area (TPSA) is 66.4 Å². The van der Waals surface area contributed by atoms with E-state index in [0.717, 1.165) is 30.5 Å². The van der Waals surface area contributed by atoms with Gasteiger partial charge in [-0.05, 0) is 43.9 Å². The number of carbonyl (C=O) groups is 1. The Bertz CT molecular complexity index is 609. The van der Waals surface area contributed by atoms with Crippen molar-refractivity contribution in [3.05, 3.63) is 34.9 Å². The first-order valence-corrected chi connectivity index (χ1v) is 9.11. The highest BCUT2D eigenvalue weighted by molar-refractivity contribution is 6.30. The van der Waals surface area contributed by atoms with Gasteiger partial charge in [-0.3, -0.25) is 0 Å². The van der Waals surface area contributed by atoms with Gasteiger partial charge in [-0.1, -0.05) is 28.9 Å². The third-order valence-electron chi connectivity index (χ3n) is 4.31. The average Bonchev–Trinajstić information content (AvgIpc) is 2.65. The molecule has 2 rings (SSSR count). The third-order valence-corrected chi connectivity index (χ3v) is 4.56. The van der Waals surface area contributed by atoms with Gasteiger partial charge in [0.2, 0.25) is 0 Å². The van der Waals surface area contributed by atoms with Crippen LogP contribution in [0.1, 0.15) is 38.7 Å². The number of oxime groups is 1. The molecule has 1 fully saturated rings. The first-order valence-electron chi connectivity index (χ1n) is 8.73. The van der Waals surface area contributed by atoms with Crippen molar-refractivity contribution in [2.24, 2.45) is 11.1 Å². The molecule has 144 valence electrons. The highest BCUT2D eigenvalue weighted by Crippen LogP contribution is 2.25. The van der Waals surface area contributed by atoms with Crippen molar-refractivity contribution < 1.29 is 23.8 Å². The summed E-state index contributed by atoms with van der Waals surface area (Å²) >= 11 is 5.87. The summed E-state index contributed by atoms with van der Waals surface area (Å²) in [5.41, 5.74) is 1.80. The Balaban J connectivity index is 1.60. The molecule has 7 heteroatoms. The van der Waals surface area contributed by atoms with E-state index < -0.39 is 11.8 Å². The molecule has 0 unspecified atom stereocenters. The van der Waals surface area contributed by atoms with Crippen molar-refractivity contribution in [1.29, 1.82) is 0 Å². The van der Waals surface area contributed by atoms with Gasteiger partial charge < -0.3 is 19.0 Å². The van der Waals surface area contributed by atoms with Gasteiger partial charge in [0.05, 0.1) is 26.0 Å². The summed E-state index contributed by atoms with van der Waals surface area (Å²) in [6.07, 6.45) is 2.81. The molecule has 1 aromatic carbocycles. The summed E-state index contributed by atoms with van der Waals surface area (Å²) in [6, 6.07) is 7.48. The Kier molecular flexibility index (Phi) is 7.87. The normalized spacial score (nSPS) is 23.5. The summed E-state index contributed by atoms with van der Waals surface area (Å²) in [5, 5.41) is 4.83. The van der Waals surface area contributed by atoms with E-state index in [-0.39, 0.29) is 5.92 Å². The van der Waals surface area contributed by atoms with Crippen LogP contribution in [0.15, 0.2) is 29.4 Å². The minimum absolute atomic E-state index is 0.270. The standard InChI is InChI=1S/C19H26ClNO5/c1-14(16-7-9-17(20)10-8-16)21-26-11-5-4-6-15-12-24-19(2,25-13-15)18(22)23-3/h7-10,15H,4-6,11-13H2,1-3H3/b21-14-. The predicted octanol–water partition coefficient (Wildman–Crippen LogP) is 3.80. The van der Waals surface area contributed by atoms with Gasteiger partial charge in [0.1, 0.15) is 6.61 Å².